The minimum absolute atomic E-state index is 0.0825. The van der Waals surface area contributed by atoms with Crippen LogP contribution in [0.4, 0.5) is 0 Å². The predicted octanol–water partition coefficient (Wildman–Crippen LogP) is 3.95. The zero-order valence-electron chi connectivity index (χ0n) is 15.0. The third kappa shape index (κ3) is 3.67. The molecule has 2 heterocycles. The van der Waals surface area contributed by atoms with E-state index in [0.29, 0.717) is 15.6 Å². The molecule has 2 aromatic heterocycles. The molecule has 3 rings (SSSR count). The summed E-state index contributed by atoms with van der Waals surface area (Å²) in [5, 5.41) is 22.2. The van der Waals surface area contributed by atoms with Crippen LogP contribution in [0, 0.1) is 29.6 Å². The zero-order chi connectivity index (χ0) is 20.4. The number of nitriles is 1. The van der Waals surface area contributed by atoms with Crippen molar-refractivity contribution in [3.05, 3.63) is 45.9 Å². The number of hydrogen-bond acceptors (Lipinski definition) is 7. The van der Waals surface area contributed by atoms with Crippen molar-refractivity contribution in [2.24, 2.45) is 5.92 Å². The molecule has 0 saturated heterocycles. The van der Waals surface area contributed by atoms with Crippen molar-refractivity contribution in [1.29, 1.82) is 10.7 Å². The van der Waals surface area contributed by atoms with Gasteiger partial charge in [0.05, 0.1) is 22.5 Å². The van der Waals surface area contributed by atoms with Crippen LogP contribution in [-0.4, -0.2) is 33.9 Å². The molecule has 1 aromatic carbocycles. The Morgan fingerprint density at radius 1 is 1.43 bits per heavy atom. The SMILES string of the molecule is CC(=N)[C@H](C#N)C(=O)COC(=O)c1cc2c(C)nn(-c3ccccc3Cl)c2s1. The molecule has 0 radical (unpaired) electrons. The van der Waals surface area contributed by atoms with Gasteiger partial charge in [-0.2, -0.15) is 10.4 Å². The van der Waals surface area contributed by atoms with Gasteiger partial charge in [0.2, 0.25) is 0 Å². The van der Waals surface area contributed by atoms with Gasteiger partial charge in [-0.05, 0) is 32.0 Å². The van der Waals surface area contributed by atoms with E-state index in [-0.39, 0.29) is 5.71 Å². The van der Waals surface area contributed by atoms with Crippen molar-refractivity contribution in [3.63, 3.8) is 0 Å². The number of esters is 1. The Morgan fingerprint density at radius 3 is 2.79 bits per heavy atom. The maximum Gasteiger partial charge on any atom is 0.348 e. The third-order valence-electron chi connectivity index (χ3n) is 4.06. The first-order valence-electron chi connectivity index (χ1n) is 8.22. The molecule has 1 atom stereocenters. The Morgan fingerprint density at radius 2 is 2.14 bits per heavy atom. The number of carbonyl (C=O) groups is 2. The van der Waals surface area contributed by atoms with Gasteiger partial charge < -0.3 is 10.1 Å². The van der Waals surface area contributed by atoms with E-state index in [0.717, 1.165) is 15.9 Å². The van der Waals surface area contributed by atoms with E-state index >= 15 is 0 Å². The summed E-state index contributed by atoms with van der Waals surface area (Å²) in [6.45, 7) is 2.63. The summed E-state index contributed by atoms with van der Waals surface area (Å²) in [6, 6.07) is 10.6. The van der Waals surface area contributed by atoms with E-state index in [2.05, 4.69) is 5.10 Å². The number of rotatable bonds is 6. The average Bonchev–Trinajstić information content (AvgIpc) is 3.21. The van der Waals surface area contributed by atoms with Crippen molar-refractivity contribution in [1.82, 2.24) is 9.78 Å². The minimum Gasteiger partial charge on any atom is -0.453 e. The number of nitrogens with one attached hydrogen (secondary N) is 1. The maximum absolute atomic E-state index is 12.4. The highest BCUT2D eigenvalue weighted by Crippen LogP contribution is 2.32. The molecule has 7 nitrogen and oxygen atoms in total. The molecule has 0 saturated carbocycles. The van der Waals surface area contributed by atoms with E-state index in [4.69, 9.17) is 27.0 Å². The van der Waals surface area contributed by atoms with Crippen molar-refractivity contribution in [2.75, 3.05) is 6.61 Å². The maximum atomic E-state index is 12.4. The number of carbonyl (C=O) groups excluding carboxylic acids is 2. The third-order valence-corrected chi connectivity index (χ3v) is 5.47. The molecule has 0 spiro atoms. The topological polar surface area (TPSA) is 109 Å². The molecule has 1 N–H and O–H groups in total. The lowest BCUT2D eigenvalue weighted by Gasteiger charge is -2.06. The van der Waals surface area contributed by atoms with Crippen molar-refractivity contribution in [2.45, 2.75) is 13.8 Å². The largest absolute Gasteiger partial charge is 0.453 e. The van der Waals surface area contributed by atoms with Gasteiger partial charge in [-0.25, -0.2) is 9.48 Å². The van der Waals surface area contributed by atoms with Crippen LogP contribution in [0.3, 0.4) is 0 Å². The van der Waals surface area contributed by atoms with Gasteiger partial charge in [-0.3, -0.25) is 4.79 Å². The minimum atomic E-state index is -1.20. The van der Waals surface area contributed by atoms with Crippen LogP contribution < -0.4 is 0 Å². The predicted molar refractivity (Wildman–Crippen MR) is 106 cm³/mol. The Labute approximate surface area is 169 Å². The fourth-order valence-electron chi connectivity index (χ4n) is 2.64. The number of aromatic nitrogens is 2. The number of nitrogens with zero attached hydrogens (tertiary/aromatic N) is 3. The Hall–Kier alpha value is -3.02. The Bertz CT molecular complexity index is 1140. The fraction of sp³-hybridized carbons (Fsp3) is 0.211. The summed E-state index contributed by atoms with van der Waals surface area (Å²) < 4.78 is 6.72. The summed E-state index contributed by atoms with van der Waals surface area (Å²) in [5.74, 6) is -2.49. The standard InChI is InChI=1S/C19H15ClN4O3S/c1-10(22)13(8-21)16(25)9-27-19(26)17-7-12-11(2)23-24(18(12)28-17)15-6-4-3-5-14(15)20/h3-7,13,22H,9H2,1-2H3/t13-/m0/s1. The molecular weight excluding hydrogens is 400 g/mol. The van der Waals surface area contributed by atoms with Gasteiger partial charge in [0, 0.05) is 11.1 Å². The second-order valence-corrected chi connectivity index (χ2v) is 7.50. The lowest BCUT2D eigenvalue weighted by Crippen LogP contribution is -2.25. The first-order valence-corrected chi connectivity index (χ1v) is 9.41. The van der Waals surface area contributed by atoms with Crippen LogP contribution in [0.25, 0.3) is 15.9 Å². The van der Waals surface area contributed by atoms with Crippen molar-refractivity contribution in [3.8, 4) is 11.8 Å². The van der Waals surface area contributed by atoms with Crippen LogP contribution in [0.2, 0.25) is 5.02 Å². The van der Waals surface area contributed by atoms with E-state index in [9.17, 15) is 9.59 Å². The lowest BCUT2D eigenvalue weighted by molar-refractivity contribution is -0.122. The second kappa shape index (κ2) is 7.92. The number of benzene rings is 1. The molecule has 0 bridgehead atoms. The molecule has 28 heavy (non-hydrogen) atoms. The number of para-hydroxylation sites is 1. The molecule has 142 valence electrons. The highest BCUT2D eigenvalue weighted by Gasteiger charge is 2.23. The average molecular weight is 415 g/mol. The highest BCUT2D eigenvalue weighted by molar-refractivity contribution is 7.20. The normalized spacial score (nSPS) is 11.8. The van der Waals surface area contributed by atoms with Crippen LogP contribution in [0.5, 0.6) is 0 Å². The summed E-state index contributed by atoms with van der Waals surface area (Å²) in [6.07, 6.45) is 0. The number of fused-ring (bicyclic) bond motifs is 1. The molecule has 0 unspecified atom stereocenters. The molecular formula is C19H15ClN4O3S. The smallest absolute Gasteiger partial charge is 0.348 e. The van der Waals surface area contributed by atoms with Crippen molar-refractivity contribution < 1.29 is 14.3 Å². The zero-order valence-corrected chi connectivity index (χ0v) is 16.6. The number of ketones is 1. The Kier molecular flexibility index (Phi) is 5.58. The first kappa shape index (κ1) is 19.7. The highest BCUT2D eigenvalue weighted by atomic mass is 35.5. The van der Waals surface area contributed by atoms with Gasteiger partial charge in [0.15, 0.2) is 12.4 Å². The van der Waals surface area contributed by atoms with Gasteiger partial charge in [-0.1, -0.05) is 23.7 Å². The van der Waals surface area contributed by atoms with E-state index in [1.54, 1.807) is 22.9 Å². The summed E-state index contributed by atoms with van der Waals surface area (Å²) in [7, 11) is 0. The molecule has 0 aliphatic carbocycles. The fourth-order valence-corrected chi connectivity index (χ4v) is 3.92. The summed E-state index contributed by atoms with van der Waals surface area (Å²) >= 11 is 7.44. The van der Waals surface area contributed by atoms with E-state index in [1.165, 1.54) is 18.3 Å². The van der Waals surface area contributed by atoms with Crippen LogP contribution in [0.1, 0.15) is 22.3 Å². The van der Waals surface area contributed by atoms with E-state index < -0.39 is 24.3 Å². The molecule has 9 heteroatoms. The molecule has 3 aromatic rings. The van der Waals surface area contributed by atoms with Crippen LogP contribution in [-0.2, 0) is 9.53 Å². The molecule has 0 amide bonds. The number of thiophene rings is 1. The second-order valence-electron chi connectivity index (χ2n) is 6.07. The van der Waals surface area contributed by atoms with E-state index in [1.807, 2.05) is 25.1 Å². The number of halogens is 1. The molecule has 0 aliphatic rings. The van der Waals surface area contributed by atoms with Crippen LogP contribution in [0.15, 0.2) is 30.3 Å². The van der Waals surface area contributed by atoms with Gasteiger partial charge in [0.1, 0.15) is 15.6 Å². The number of aryl methyl sites for hydroxylation is 1. The number of hydrogen-bond donors (Lipinski definition) is 1. The molecule has 0 aliphatic heterocycles. The lowest BCUT2D eigenvalue weighted by atomic mass is 10.0. The summed E-state index contributed by atoms with van der Waals surface area (Å²) in [4.78, 5) is 25.3. The monoisotopic (exact) mass is 414 g/mol. The number of Topliss-reactive ketones (excluding diaryl/α,β-unsaturated/α-hetero) is 1. The Balaban J connectivity index is 1.85. The van der Waals surface area contributed by atoms with Crippen molar-refractivity contribution >= 4 is 50.6 Å². The first-order chi connectivity index (χ1) is 13.3. The molecule has 0 fully saturated rings. The van der Waals surface area contributed by atoms with Gasteiger partial charge >= 0.3 is 5.97 Å². The quantitative estimate of drug-likeness (QED) is 0.485. The van der Waals surface area contributed by atoms with Gasteiger partial charge in [0.25, 0.3) is 0 Å². The van der Waals surface area contributed by atoms with Gasteiger partial charge in [-0.15, -0.1) is 11.3 Å². The van der Waals surface area contributed by atoms with Crippen LogP contribution >= 0.6 is 22.9 Å². The number of ether oxygens (including phenoxy) is 1. The summed E-state index contributed by atoms with van der Waals surface area (Å²) in [5.41, 5.74) is 1.34.